The van der Waals surface area contributed by atoms with Crippen molar-refractivity contribution in [3.05, 3.63) is 0 Å². The molecule has 0 aromatic heterocycles. The van der Waals surface area contributed by atoms with Gasteiger partial charge in [0.15, 0.2) is 9.84 Å². The minimum atomic E-state index is -3.13. The van der Waals surface area contributed by atoms with Gasteiger partial charge in [0.25, 0.3) is 0 Å². The van der Waals surface area contributed by atoms with Crippen LogP contribution in [0.3, 0.4) is 0 Å². The molecule has 1 N–H and O–H groups in total. The molecule has 0 aliphatic carbocycles. The third-order valence-electron chi connectivity index (χ3n) is 2.19. The summed E-state index contributed by atoms with van der Waals surface area (Å²) >= 11 is 0. The Morgan fingerprint density at radius 2 is 1.86 bits per heavy atom. The molecule has 0 saturated heterocycles. The molecular weight excluding hydrogens is 202 g/mol. The van der Waals surface area contributed by atoms with Crippen LogP contribution in [0.15, 0.2) is 0 Å². The van der Waals surface area contributed by atoms with E-state index in [0.717, 1.165) is 6.42 Å². The number of hydrogen-bond acceptors (Lipinski definition) is 3. The van der Waals surface area contributed by atoms with E-state index in [1.54, 1.807) is 13.8 Å². The number of hydrogen-bond donors (Lipinski definition) is 1. The van der Waals surface area contributed by atoms with Crippen molar-refractivity contribution >= 4 is 15.7 Å². The molecule has 5 heteroatoms. The number of carbonyl (C=O) groups is 1. The lowest BCUT2D eigenvalue weighted by molar-refractivity contribution is -0.121. The van der Waals surface area contributed by atoms with Crippen LogP contribution in [-0.4, -0.2) is 31.9 Å². The van der Waals surface area contributed by atoms with Crippen LogP contribution in [-0.2, 0) is 14.6 Å². The summed E-state index contributed by atoms with van der Waals surface area (Å²) in [4.78, 5) is 11.1. The Labute approximate surface area is 86.0 Å². The van der Waals surface area contributed by atoms with Crippen molar-refractivity contribution in [2.75, 3.05) is 12.8 Å². The zero-order chi connectivity index (χ0) is 11.4. The highest BCUT2D eigenvalue weighted by atomic mass is 32.2. The summed E-state index contributed by atoms with van der Waals surface area (Å²) < 4.78 is 21.7. The third-order valence-corrected chi connectivity index (χ3v) is 4.34. The van der Waals surface area contributed by atoms with Crippen molar-refractivity contribution in [3.63, 3.8) is 0 Å². The summed E-state index contributed by atoms with van der Waals surface area (Å²) in [6.45, 7) is 5.29. The van der Waals surface area contributed by atoms with E-state index in [9.17, 15) is 13.2 Å². The molecule has 14 heavy (non-hydrogen) atoms. The number of amides is 1. The SMILES string of the molecule is CCCC(=O)NCC(C)(C)S(C)(=O)=O. The van der Waals surface area contributed by atoms with Crippen molar-refractivity contribution < 1.29 is 13.2 Å². The van der Waals surface area contributed by atoms with Crippen LogP contribution in [0.5, 0.6) is 0 Å². The molecule has 0 atom stereocenters. The first-order valence-electron chi connectivity index (χ1n) is 4.67. The van der Waals surface area contributed by atoms with Gasteiger partial charge in [-0.25, -0.2) is 8.42 Å². The van der Waals surface area contributed by atoms with E-state index in [4.69, 9.17) is 0 Å². The average Bonchev–Trinajstić information content (AvgIpc) is 1.99. The Hall–Kier alpha value is -0.580. The van der Waals surface area contributed by atoms with Crippen LogP contribution in [0.25, 0.3) is 0 Å². The van der Waals surface area contributed by atoms with Gasteiger partial charge >= 0.3 is 0 Å². The minimum absolute atomic E-state index is 0.0933. The van der Waals surface area contributed by atoms with Crippen molar-refractivity contribution in [3.8, 4) is 0 Å². The second-order valence-electron chi connectivity index (χ2n) is 4.06. The highest BCUT2D eigenvalue weighted by Gasteiger charge is 2.30. The Bertz CT molecular complexity index is 293. The normalized spacial score (nSPS) is 12.6. The fourth-order valence-corrected chi connectivity index (χ4v) is 1.09. The van der Waals surface area contributed by atoms with Crippen molar-refractivity contribution in [1.82, 2.24) is 5.32 Å². The lowest BCUT2D eigenvalue weighted by atomic mass is 10.2. The van der Waals surface area contributed by atoms with E-state index in [2.05, 4.69) is 5.32 Å². The van der Waals surface area contributed by atoms with Crippen molar-refractivity contribution in [2.45, 2.75) is 38.4 Å². The quantitative estimate of drug-likeness (QED) is 0.744. The maximum Gasteiger partial charge on any atom is 0.220 e. The van der Waals surface area contributed by atoms with Crippen LogP contribution < -0.4 is 5.32 Å². The molecule has 0 saturated carbocycles. The van der Waals surface area contributed by atoms with Crippen molar-refractivity contribution in [1.29, 1.82) is 0 Å². The smallest absolute Gasteiger partial charge is 0.220 e. The highest BCUT2D eigenvalue weighted by Crippen LogP contribution is 2.13. The molecule has 0 rings (SSSR count). The maximum absolute atomic E-state index is 11.3. The van der Waals surface area contributed by atoms with Gasteiger partial charge < -0.3 is 5.32 Å². The standard InChI is InChI=1S/C9H19NO3S/c1-5-6-8(11)10-7-9(2,3)14(4,12)13/h5-7H2,1-4H3,(H,10,11). The Morgan fingerprint density at radius 3 is 2.21 bits per heavy atom. The lowest BCUT2D eigenvalue weighted by Gasteiger charge is -2.22. The summed E-state index contributed by atoms with van der Waals surface area (Å²) in [6, 6.07) is 0. The Morgan fingerprint density at radius 1 is 1.36 bits per heavy atom. The second-order valence-corrected chi connectivity index (χ2v) is 6.71. The molecule has 0 spiro atoms. The van der Waals surface area contributed by atoms with Gasteiger partial charge in [-0.2, -0.15) is 0 Å². The first kappa shape index (κ1) is 13.4. The summed E-state index contributed by atoms with van der Waals surface area (Å²) in [6.07, 6.45) is 2.39. The van der Waals surface area contributed by atoms with E-state index in [1.165, 1.54) is 6.26 Å². The third kappa shape index (κ3) is 4.09. The summed E-state index contributed by atoms with van der Waals surface area (Å²) in [7, 11) is -3.13. The molecule has 0 aromatic rings. The van der Waals surface area contributed by atoms with E-state index in [0.29, 0.717) is 6.42 Å². The van der Waals surface area contributed by atoms with Gasteiger partial charge in [-0.15, -0.1) is 0 Å². The van der Waals surface area contributed by atoms with Gasteiger partial charge in [-0.05, 0) is 20.3 Å². The van der Waals surface area contributed by atoms with Gasteiger partial charge in [0.2, 0.25) is 5.91 Å². The van der Waals surface area contributed by atoms with E-state index >= 15 is 0 Å². The number of carbonyl (C=O) groups excluding carboxylic acids is 1. The molecule has 0 radical (unpaired) electrons. The van der Waals surface area contributed by atoms with Crippen molar-refractivity contribution in [2.24, 2.45) is 0 Å². The van der Waals surface area contributed by atoms with Gasteiger partial charge in [-0.3, -0.25) is 4.79 Å². The van der Waals surface area contributed by atoms with Gasteiger partial charge in [0, 0.05) is 19.2 Å². The molecule has 0 bridgehead atoms. The summed E-state index contributed by atoms with van der Waals surface area (Å²) in [5, 5.41) is 2.61. The monoisotopic (exact) mass is 221 g/mol. The van der Waals surface area contributed by atoms with Gasteiger partial charge in [-0.1, -0.05) is 6.92 Å². The fourth-order valence-electron chi connectivity index (χ4n) is 0.758. The first-order chi connectivity index (χ1) is 6.20. The molecule has 0 aliphatic rings. The molecule has 0 fully saturated rings. The maximum atomic E-state index is 11.3. The molecule has 84 valence electrons. The van der Waals surface area contributed by atoms with E-state index in [-0.39, 0.29) is 12.5 Å². The largest absolute Gasteiger partial charge is 0.355 e. The molecule has 4 nitrogen and oxygen atoms in total. The number of sulfone groups is 1. The zero-order valence-corrected chi connectivity index (χ0v) is 10.1. The van der Waals surface area contributed by atoms with Crippen LogP contribution in [0, 0.1) is 0 Å². The Kier molecular flexibility index (Phi) is 4.58. The van der Waals surface area contributed by atoms with Crippen LogP contribution >= 0.6 is 0 Å². The van der Waals surface area contributed by atoms with E-state index < -0.39 is 14.6 Å². The minimum Gasteiger partial charge on any atom is -0.355 e. The van der Waals surface area contributed by atoms with Crippen LogP contribution in [0.4, 0.5) is 0 Å². The molecular formula is C9H19NO3S. The highest BCUT2D eigenvalue weighted by molar-refractivity contribution is 7.92. The predicted octanol–water partition coefficient (Wildman–Crippen LogP) is 0.726. The lowest BCUT2D eigenvalue weighted by Crippen LogP contribution is -2.43. The van der Waals surface area contributed by atoms with Crippen LogP contribution in [0.1, 0.15) is 33.6 Å². The molecule has 0 heterocycles. The number of nitrogens with one attached hydrogen (secondary N) is 1. The summed E-state index contributed by atoms with van der Waals surface area (Å²) in [5.41, 5.74) is 0. The molecule has 0 aliphatic heterocycles. The average molecular weight is 221 g/mol. The van der Waals surface area contributed by atoms with Crippen LogP contribution in [0.2, 0.25) is 0 Å². The number of rotatable bonds is 5. The Balaban J connectivity index is 4.20. The fraction of sp³-hybridized carbons (Fsp3) is 0.889. The van der Waals surface area contributed by atoms with Gasteiger partial charge in [0.05, 0.1) is 4.75 Å². The molecule has 1 amide bonds. The topological polar surface area (TPSA) is 63.2 Å². The molecule has 0 aromatic carbocycles. The second kappa shape index (κ2) is 4.77. The first-order valence-corrected chi connectivity index (χ1v) is 6.56. The molecule has 0 unspecified atom stereocenters. The van der Waals surface area contributed by atoms with Gasteiger partial charge in [0.1, 0.15) is 0 Å². The summed E-state index contributed by atoms with van der Waals surface area (Å²) in [5.74, 6) is -0.0933. The van der Waals surface area contributed by atoms with E-state index in [1.807, 2.05) is 6.92 Å². The predicted molar refractivity (Wildman–Crippen MR) is 56.8 cm³/mol. The zero-order valence-electron chi connectivity index (χ0n) is 9.25.